The molecule has 0 saturated heterocycles. The first-order chi connectivity index (χ1) is 7.68. The number of urea groups is 1. The minimum absolute atomic E-state index is 0.435. The largest absolute Gasteiger partial charge is 0.480 e. The van der Waals surface area contributed by atoms with E-state index in [0.717, 1.165) is 0 Å². The second-order valence-corrected chi connectivity index (χ2v) is 4.40. The zero-order chi connectivity index (χ0) is 13.6. The first kappa shape index (κ1) is 15.2. The topological polar surface area (TPSA) is 122 Å². The summed E-state index contributed by atoms with van der Waals surface area (Å²) in [4.78, 5) is 32.9. The quantitative estimate of drug-likeness (QED) is 0.517. The van der Waals surface area contributed by atoms with E-state index in [4.69, 9.17) is 10.8 Å². The van der Waals surface area contributed by atoms with Crippen LogP contribution in [0.4, 0.5) is 4.79 Å². The summed E-state index contributed by atoms with van der Waals surface area (Å²) in [5.41, 5.74) is 4.44. The Bertz CT molecular complexity index is 315. The third-order valence-electron chi connectivity index (χ3n) is 2.34. The molecular formula is C10H19N3O4. The van der Waals surface area contributed by atoms with E-state index in [-0.39, 0.29) is 0 Å². The molecule has 0 saturated carbocycles. The van der Waals surface area contributed by atoms with Gasteiger partial charge in [0.05, 0.1) is 6.42 Å². The van der Waals surface area contributed by atoms with Crippen LogP contribution < -0.4 is 16.4 Å². The summed E-state index contributed by atoms with van der Waals surface area (Å²) >= 11 is 0. The molecule has 0 rings (SSSR count). The van der Waals surface area contributed by atoms with Gasteiger partial charge < -0.3 is 21.5 Å². The number of hydrogen-bond acceptors (Lipinski definition) is 3. The number of carbonyl (C=O) groups excluding carboxylic acids is 2. The van der Waals surface area contributed by atoms with E-state index < -0.39 is 35.9 Å². The number of nitrogens with two attached hydrogens (primary N) is 1. The van der Waals surface area contributed by atoms with Crippen LogP contribution in [-0.2, 0) is 9.59 Å². The molecule has 0 aliphatic carbocycles. The van der Waals surface area contributed by atoms with Crippen LogP contribution in [0.2, 0.25) is 0 Å². The predicted molar refractivity (Wildman–Crippen MR) is 61.3 cm³/mol. The zero-order valence-electron chi connectivity index (χ0n) is 10.2. The lowest BCUT2D eigenvalue weighted by Crippen LogP contribution is -2.53. The molecule has 0 heterocycles. The number of hydrogen-bond donors (Lipinski definition) is 4. The van der Waals surface area contributed by atoms with Crippen LogP contribution in [0.25, 0.3) is 0 Å². The van der Waals surface area contributed by atoms with Gasteiger partial charge in [0.25, 0.3) is 0 Å². The molecule has 17 heavy (non-hydrogen) atoms. The fraction of sp³-hybridized carbons (Fsp3) is 0.700. The van der Waals surface area contributed by atoms with Gasteiger partial charge in [-0.15, -0.1) is 0 Å². The van der Waals surface area contributed by atoms with Crippen molar-refractivity contribution in [2.75, 3.05) is 0 Å². The number of amides is 3. The van der Waals surface area contributed by atoms with Crippen LogP contribution >= 0.6 is 0 Å². The standard InChI is InChI=1S/C10H19N3O4/c1-4-10(2,3)13-9(17)12-6(8(15)16)5-7(11)14/h6H,4-5H2,1-3H3,(H2,11,14)(H,15,16)(H2,12,13,17)/t6-/m1/s1. The summed E-state index contributed by atoms with van der Waals surface area (Å²) < 4.78 is 0. The van der Waals surface area contributed by atoms with Crippen molar-refractivity contribution in [2.45, 2.75) is 45.2 Å². The molecule has 0 aromatic rings. The van der Waals surface area contributed by atoms with Gasteiger partial charge in [0.15, 0.2) is 0 Å². The van der Waals surface area contributed by atoms with Gasteiger partial charge in [-0.05, 0) is 20.3 Å². The molecule has 0 aromatic carbocycles. The number of nitrogens with one attached hydrogen (secondary N) is 2. The Morgan fingerprint density at radius 2 is 1.88 bits per heavy atom. The van der Waals surface area contributed by atoms with Gasteiger partial charge in [-0.1, -0.05) is 6.92 Å². The molecule has 98 valence electrons. The van der Waals surface area contributed by atoms with Crippen LogP contribution in [0.1, 0.15) is 33.6 Å². The Hall–Kier alpha value is -1.79. The van der Waals surface area contributed by atoms with Gasteiger partial charge in [0, 0.05) is 5.54 Å². The van der Waals surface area contributed by atoms with E-state index >= 15 is 0 Å². The summed E-state index contributed by atoms with van der Waals surface area (Å²) in [5, 5.41) is 13.6. The van der Waals surface area contributed by atoms with Crippen molar-refractivity contribution in [1.29, 1.82) is 0 Å². The Balaban J connectivity index is 4.41. The highest BCUT2D eigenvalue weighted by Crippen LogP contribution is 2.06. The number of primary amides is 1. The summed E-state index contributed by atoms with van der Waals surface area (Å²) in [5.74, 6) is -2.08. The fourth-order valence-corrected chi connectivity index (χ4v) is 0.991. The van der Waals surface area contributed by atoms with E-state index in [0.29, 0.717) is 6.42 Å². The molecule has 3 amide bonds. The van der Waals surface area contributed by atoms with Crippen LogP contribution in [-0.4, -0.2) is 34.6 Å². The highest BCUT2D eigenvalue weighted by atomic mass is 16.4. The smallest absolute Gasteiger partial charge is 0.326 e. The molecule has 0 aliphatic heterocycles. The van der Waals surface area contributed by atoms with E-state index in [1.807, 2.05) is 6.92 Å². The second kappa shape index (κ2) is 6.07. The number of rotatable bonds is 6. The van der Waals surface area contributed by atoms with Crippen molar-refractivity contribution in [3.05, 3.63) is 0 Å². The molecule has 7 nitrogen and oxygen atoms in total. The Labute approximate surface area is 99.7 Å². The predicted octanol–water partition coefficient (Wildman–Crippen LogP) is -0.197. The number of aliphatic carboxylic acids is 1. The maximum absolute atomic E-state index is 11.5. The normalized spacial score (nSPS) is 12.6. The fourth-order valence-electron chi connectivity index (χ4n) is 0.991. The van der Waals surface area contributed by atoms with Gasteiger partial charge in [-0.25, -0.2) is 9.59 Å². The van der Waals surface area contributed by atoms with Crippen molar-refractivity contribution in [1.82, 2.24) is 10.6 Å². The summed E-state index contributed by atoms with van der Waals surface area (Å²) in [7, 11) is 0. The lowest BCUT2D eigenvalue weighted by Gasteiger charge is -2.25. The lowest BCUT2D eigenvalue weighted by atomic mass is 10.0. The highest BCUT2D eigenvalue weighted by molar-refractivity contribution is 5.87. The average Bonchev–Trinajstić information content (AvgIpc) is 2.15. The SMILES string of the molecule is CCC(C)(C)NC(=O)N[C@H](CC(N)=O)C(=O)O. The van der Waals surface area contributed by atoms with E-state index in [2.05, 4.69) is 10.6 Å². The van der Waals surface area contributed by atoms with E-state index in [1.165, 1.54) is 0 Å². The van der Waals surface area contributed by atoms with Gasteiger partial charge in [-0.2, -0.15) is 0 Å². The third-order valence-corrected chi connectivity index (χ3v) is 2.34. The minimum Gasteiger partial charge on any atom is -0.480 e. The first-order valence-electron chi connectivity index (χ1n) is 5.27. The molecule has 5 N–H and O–H groups in total. The van der Waals surface area contributed by atoms with Crippen molar-refractivity contribution in [3.63, 3.8) is 0 Å². The van der Waals surface area contributed by atoms with Gasteiger partial charge in [-0.3, -0.25) is 4.79 Å². The van der Waals surface area contributed by atoms with Crippen molar-refractivity contribution in [3.8, 4) is 0 Å². The number of carboxylic acids is 1. The lowest BCUT2D eigenvalue weighted by molar-refractivity contribution is -0.140. The summed E-state index contributed by atoms with van der Waals surface area (Å²) in [6.07, 6.45) is 0.253. The van der Waals surface area contributed by atoms with Crippen LogP contribution in [0.3, 0.4) is 0 Å². The van der Waals surface area contributed by atoms with Crippen LogP contribution in [0.5, 0.6) is 0 Å². The maximum atomic E-state index is 11.5. The molecule has 0 fully saturated rings. The summed E-state index contributed by atoms with van der Waals surface area (Å²) in [6, 6.07) is -1.94. The number of carbonyl (C=O) groups is 3. The molecule has 7 heteroatoms. The minimum atomic E-state index is -1.31. The van der Waals surface area contributed by atoms with Crippen LogP contribution in [0.15, 0.2) is 0 Å². The van der Waals surface area contributed by atoms with E-state index in [9.17, 15) is 14.4 Å². The maximum Gasteiger partial charge on any atom is 0.326 e. The van der Waals surface area contributed by atoms with Gasteiger partial charge in [0.1, 0.15) is 6.04 Å². The molecule has 0 radical (unpaired) electrons. The van der Waals surface area contributed by atoms with Crippen molar-refractivity contribution >= 4 is 17.9 Å². The van der Waals surface area contributed by atoms with E-state index in [1.54, 1.807) is 13.8 Å². The Morgan fingerprint density at radius 1 is 1.35 bits per heavy atom. The first-order valence-corrected chi connectivity index (χ1v) is 5.27. The molecular weight excluding hydrogens is 226 g/mol. The molecule has 1 atom stereocenters. The second-order valence-electron chi connectivity index (χ2n) is 4.40. The Kier molecular flexibility index (Phi) is 5.43. The zero-order valence-corrected chi connectivity index (χ0v) is 10.2. The van der Waals surface area contributed by atoms with Gasteiger partial charge >= 0.3 is 12.0 Å². The van der Waals surface area contributed by atoms with Gasteiger partial charge in [0.2, 0.25) is 5.91 Å². The Morgan fingerprint density at radius 3 is 2.24 bits per heavy atom. The van der Waals surface area contributed by atoms with Crippen molar-refractivity contribution in [2.24, 2.45) is 5.73 Å². The molecule has 0 spiro atoms. The molecule has 0 aliphatic rings. The monoisotopic (exact) mass is 245 g/mol. The van der Waals surface area contributed by atoms with Crippen molar-refractivity contribution < 1.29 is 19.5 Å². The van der Waals surface area contributed by atoms with Crippen LogP contribution in [0, 0.1) is 0 Å². The molecule has 0 aromatic heterocycles. The molecule has 0 bridgehead atoms. The average molecular weight is 245 g/mol. The molecule has 0 unspecified atom stereocenters. The highest BCUT2D eigenvalue weighted by Gasteiger charge is 2.24. The number of carboxylic acid groups (broad SMARTS) is 1. The third kappa shape index (κ3) is 6.39. The summed E-state index contributed by atoms with van der Waals surface area (Å²) in [6.45, 7) is 5.49.